The maximum atomic E-state index is 11.5. The minimum atomic E-state index is -1.90. The van der Waals surface area contributed by atoms with E-state index in [1.54, 1.807) is 6.92 Å². The number of aliphatic hydroxyl groups is 10. The number of aliphatic carboxylic acids is 1. The summed E-state index contributed by atoms with van der Waals surface area (Å²) in [5, 5.41) is 116. The molecule has 20 heteroatoms. The van der Waals surface area contributed by atoms with Crippen molar-refractivity contribution in [3.63, 3.8) is 0 Å². The summed E-state index contributed by atoms with van der Waals surface area (Å²) < 4.78 is 47.4. The van der Waals surface area contributed by atoms with Crippen molar-refractivity contribution in [1.29, 1.82) is 0 Å². The molecule has 0 amide bonds. The molecule has 0 spiro atoms. The van der Waals surface area contributed by atoms with Gasteiger partial charge in [0.05, 0.1) is 31.0 Å². The topological polar surface area (TPSA) is 313 Å². The number of ether oxygens (including phenoxy) is 8. The Kier molecular flexibility index (Phi) is 19.8. The zero-order chi connectivity index (χ0) is 42.8. The van der Waals surface area contributed by atoms with Gasteiger partial charge in [-0.1, -0.05) is 51.9 Å². The first kappa shape index (κ1) is 49.4. The summed E-state index contributed by atoms with van der Waals surface area (Å²) in [5.41, 5.74) is 0. The summed E-state index contributed by atoms with van der Waals surface area (Å²) in [6.07, 6.45) is -22.5. The van der Waals surface area contributed by atoms with E-state index in [4.69, 9.17) is 43.0 Å². The van der Waals surface area contributed by atoms with Crippen LogP contribution in [0, 0.1) is 0 Å². The lowest BCUT2D eigenvalue weighted by atomic mass is 9.96. The molecule has 0 aliphatic carbocycles. The largest absolute Gasteiger partial charge is 0.481 e. The lowest BCUT2D eigenvalue weighted by Gasteiger charge is -2.49. The Morgan fingerprint density at radius 2 is 0.983 bits per heavy atom. The van der Waals surface area contributed by atoms with Crippen LogP contribution in [0.4, 0.5) is 0 Å². The normalized spacial score (nSPS) is 44.2. The molecule has 11 N–H and O–H groups in total. The number of aliphatic hydroxyl groups excluding tert-OH is 10. The third-order valence-corrected chi connectivity index (χ3v) is 11.4. The molecule has 0 saturated carbocycles. The standard InChI is InChI=1S/C38H68O20/c1-5-13-20(14-11-9-7-6-8-10-12-15-22(39)40)55-37-33(29(47)25(43)19(4)54-37)58-38-34(57-36-32(50)28(46)24(42)18(3)53-36)30(48)26(44)21(56-38)16-51-35-31(49)27(45)23(41)17(2)52-35/h17-21,23-38,41-50H,5-16H2,1-4H3,(H,39,40). The number of carboxylic acids is 1. The van der Waals surface area contributed by atoms with Gasteiger partial charge in [-0.05, 0) is 40.0 Å². The number of carboxylic acid groups (broad SMARTS) is 1. The summed E-state index contributed by atoms with van der Waals surface area (Å²) in [4.78, 5) is 10.7. The van der Waals surface area contributed by atoms with Gasteiger partial charge in [0.25, 0.3) is 0 Å². The van der Waals surface area contributed by atoms with Gasteiger partial charge in [0.1, 0.15) is 79.4 Å². The maximum Gasteiger partial charge on any atom is 0.303 e. The molecular formula is C38H68O20. The van der Waals surface area contributed by atoms with Gasteiger partial charge in [0.2, 0.25) is 0 Å². The average Bonchev–Trinajstić information content (AvgIpc) is 3.18. The van der Waals surface area contributed by atoms with Gasteiger partial charge in [-0.25, -0.2) is 0 Å². The summed E-state index contributed by atoms with van der Waals surface area (Å²) >= 11 is 0. The van der Waals surface area contributed by atoms with E-state index in [1.165, 1.54) is 13.8 Å². The first-order valence-electron chi connectivity index (χ1n) is 20.7. The molecule has 4 rings (SSSR count). The third-order valence-electron chi connectivity index (χ3n) is 11.4. The van der Waals surface area contributed by atoms with Crippen molar-refractivity contribution < 1.29 is 98.9 Å². The molecule has 0 bridgehead atoms. The van der Waals surface area contributed by atoms with E-state index in [9.17, 15) is 55.9 Å². The van der Waals surface area contributed by atoms with Gasteiger partial charge in [0.15, 0.2) is 25.2 Å². The van der Waals surface area contributed by atoms with Crippen molar-refractivity contribution in [2.75, 3.05) is 6.61 Å². The molecule has 4 aliphatic heterocycles. The first-order chi connectivity index (χ1) is 27.5. The Labute approximate surface area is 338 Å². The fourth-order valence-electron chi connectivity index (χ4n) is 7.65. The zero-order valence-corrected chi connectivity index (χ0v) is 33.7. The van der Waals surface area contributed by atoms with E-state index >= 15 is 0 Å². The number of hydrogen-bond donors (Lipinski definition) is 11. The molecule has 4 saturated heterocycles. The Morgan fingerprint density at radius 1 is 0.517 bits per heavy atom. The summed E-state index contributed by atoms with van der Waals surface area (Å²) in [7, 11) is 0. The van der Waals surface area contributed by atoms with Crippen molar-refractivity contribution in [3.8, 4) is 0 Å². The molecule has 21 atom stereocenters. The average molecular weight is 845 g/mol. The van der Waals surface area contributed by atoms with Crippen molar-refractivity contribution in [1.82, 2.24) is 0 Å². The van der Waals surface area contributed by atoms with E-state index in [-0.39, 0.29) is 12.5 Å². The van der Waals surface area contributed by atoms with Crippen LogP contribution < -0.4 is 0 Å². The van der Waals surface area contributed by atoms with Gasteiger partial charge >= 0.3 is 5.97 Å². The number of rotatable bonds is 21. The molecule has 58 heavy (non-hydrogen) atoms. The minimum Gasteiger partial charge on any atom is -0.481 e. The second kappa shape index (κ2) is 23.3. The highest BCUT2D eigenvalue weighted by Crippen LogP contribution is 2.35. The second-order valence-corrected chi connectivity index (χ2v) is 16.1. The van der Waals surface area contributed by atoms with Crippen LogP contribution in [0.5, 0.6) is 0 Å². The van der Waals surface area contributed by atoms with Gasteiger partial charge in [0, 0.05) is 6.42 Å². The molecule has 0 radical (unpaired) electrons. The molecule has 21 unspecified atom stereocenters. The third kappa shape index (κ3) is 12.9. The van der Waals surface area contributed by atoms with E-state index in [2.05, 4.69) is 0 Å². The predicted octanol–water partition coefficient (Wildman–Crippen LogP) is -1.88. The Morgan fingerprint density at radius 3 is 1.57 bits per heavy atom. The molecule has 0 aromatic heterocycles. The van der Waals surface area contributed by atoms with Crippen molar-refractivity contribution in [2.45, 2.75) is 227 Å². The smallest absolute Gasteiger partial charge is 0.303 e. The lowest BCUT2D eigenvalue weighted by molar-refractivity contribution is -0.396. The van der Waals surface area contributed by atoms with Gasteiger partial charge in [-0.15, -0.1) is 0 Å². The van der Waals surface area contributed by atoms with Crippen LogP contribution in [0.25, 0.3) is 0 Å². The fourth-order valence-corrected chi connectivity index (χ4v) is 7.65. The monoisotopic (exact) mass is 844 g/mol. The minimum absolute atomic E-state index is 0.164. The van der Waals surface area contributed by atoms with Crippen molar-refractivity contribution in [2.24, 2.45) is 0 Å². The highest BCUT2D eigenvalue weighted by Gasteiger charge is 2.54. The van der Waals surface area contributed by atoms with E-state index < -0.39 is 135 Å². The Balaban J connectivity index is 1.51. The maximum absolute atomic E-state index is 11.5. The van der Waals surface area contributed by atoms with Gasteiger partial charge in [-0.2, -0.15) is 0 Å². The number of unbranched alkanes of at least 4 members (excludes halogenated alkanes) is 6. The van der Waals surface area contributed by atoms with E-state index in [1.807, 2.05) is 6.92 Å². The highest BCUT2D eigenvalue weighted by molar-refractivity contribution is 5.66. The molecule has 0 aromatic carbocycles. The zero-order valence-electron chi connectivity index (χ0n) is 33.7. The number of hydrogen-bond acceptors (Lipinski definition) is 19. The lowest BCUT2D eigenvalue weighted by Crippen LogP contribution is -2.66. The quantitative estimate of drug-likeness (QED) is 0.0564. The van der Waals surface area contributed by atoms with E-state index in [0.717, 1.165) is 44.9 Å². The molecule has 4 fully saturated rings. The highest BCUT2D eigenvalue weighted by atomic mass is 16.8. The van der Waals surface area contributed by atoms with Crippen LogP contribution in [0.15, 0.2) is 0 Å². The number of carbonyl (C=O) groups is 1. The summed E-state index contributed by atoms with van der Waals surface area (Å²) in [6.45, 7) is 5.80. The van der Waals surface area contributed by atoms with Crippen molar-refractivity contribution >= 4 is 5.97 Å². The van der Waals surface area contributed by atoms with Crippen LogP contribution in [-0.4, -0.2) is 198 Å². The van der Waals surface area contributed by atoms with Crippen LogP contribution in [0.1, 0.15) is 98.3 Å². The summed E-state index contributed by atoms with van der Waals surface area (Å²) in [5.74, 6) is -0.796. The van der Waals surface area contributed by atoms with Gasteiger partial charge < -0.3 is 94.1 Å². The van der Waals surface area contributed by atoms with Crippen LogP contribution in [0.3, 0.4) is 0 Å². The Bertz CT molecular complexity index is 1200. The Hall–Kier alpha value is -1.25. The van der Waals surface area contributed by atoms with E-state index in [0.29, 0.717) is 19.3 Å². The first-order valence-corrected chi connectivity index (χ1v) is 20.7. The van der Waals surface area contributed by atoms with Crippen LogP contribution in [0.2, 0.25) is 0 Å². The molecule has 4 aliphatic rings. The summed E-state index contributed by atoms with van der Waals surface area (Å²) in [6, 6.07) is 0. The molecule has 340 valence electrons. The molecule has 20 nitrogen and oxygen atoms in total. The van der Waals surface area contributed by atoms with Crippen LogP contribution in [-0.2, 0) is 42.7 Å². The SMILES string of the molecule is CCCC(CCCCCCCCCC(=O)O)OC1OC(C)C(O)C(O)C1OC1OC(COC2OC(C)C(O)C(O)C2O)C(O)C(O)C1OC1OC(C)C(O)C(O)C1O. The molecule has 0 aromatic rings. The second-order valence-electron chi connectivity index (χ2n) is 16.1. The van der Waals surface area contributed by atoms with Gasteiger partial charge in [-0.3, -0.25) is 4.79 Å². The molecule has 4 heterocycles. The van der Waals surface area contributed by atoms with Crippen LogP contribution >= 0.6 is 0 Å². The fraction of sp³-hybridized carbons (Fsp3) is 0.974. The molecular weight excluding hydrogens is 776 g/mol. The predicted molar refractivity (Wildman–Crippen MR) is 196 cm³/mol. The van der Waals surface area contributed by atoms with Crippen molar-refractivity contribution in [3.05, 3.63) is 0 Å².